The Balaban J connectivity index is 1.65. The summed E-state index contributed by atoms with van der Waals surface area (Å²) in [5, 5.41) is 14.9. The number of rotatable bonds is 5. The molecule has 0 unspecified atom stereocenters. The van der Waals surface area contributed by atoms with E-state index < -0.39 is 11.8 Å². The Morgan fingerprint density at radius 2 is 1.70 bits per heavy atom. The number of carbonyl (C=O) groups is 2. The summed E-state index contributed by atoms with van der Waals surface area (Å²) < 4.78 is 0. The summed E-state index contributed by atoms with van der Waals surface area (Å²) in [6.45, 7) is 0.190. The molecule has 3 aromatic rings. The van der Waals surface area contributed by atoms with Crippen LogP contribution in [-0.4, -0.2) is 31.9 Å². The minimum Gasteiger partial charge on any atom is -0.505 e. The van der Waals surface area contributed by atoms with Gasteiger partial charge < -0.3 is 21.5 Å². The van der Waals surface area contributed by atoms with E-state index in [9.17, 15) is 14.7 Å². The maximum atomic E-state index is 12.2. The van der Waals surface area contributed by atoms with E-state index in [0.29, 0.717) is 5.56 Å². The molecule has 3 aromatic heterocycles. The molecule has 0 fully saturated rings. The van der Waals surface area contributed by atoms with E-state index in [1.165, 1.54) is 30.7 Å². The highest BCUT2D eigenvalue weighted by Crippen LogP contribution is 2.15. The van der Waals surface area contributed by atoms with Crippen LogP contribution in [0.1, 0.15) is 26.5 Å². The number of hydrogen-bond donors (Lipinski definition) is 4. The van der Waals surface area contributed by atoms with E-state index in [1.54, 1.807) is 24.3 Å². The second-order valence-corrected chi connectivity index (χ2v) is 5.50. The summed E-state index contributed by atoms with van der Waals surface area (Å²) in [6.07, 6.45) is 4.38. The van der Waals surface area contributed by atoms with Crippen LogP contribution in [0.15, 0.2) is 55.0 Å². The van der Waals surface area contributed by atoms with E-state index in [-0.39, 0.29) is 35.2 Å². The van der Waals surface area contributed by atoms with Gasteiger partial charge in [0.15, 0.2) is 11.4 Å². The summed E-state index contributed by atoms with van der Waals surface area (Å²) >= 11 is 0. The lowest BCUT2D eigenvalue weighted by atomic mass is 10.2. The number of carbonyl (C=O) groups excluding carboxylic acids is 2. The van der Waals surface area contributed by atoms with Crippen molar-refractivity contribution in [2.24, 2.45) is 0 Å². The van der Waals surface area contributed by atoms with Gasteiger partial charge in [-0.05, 0) is 42.0 Å². The molecule has 0 radical (unpaired) electrons. The minimum atomic E-state index is -0.594. The number of aromatic nitrogens is 3. The van der Waals surface area contributed by atoms with Gasteiger partial charge in [-0.15, -0.1) is 0 Å². The lowest BCUT2D eigenvalue weighted by molar-refractivity contribution is 0.0945. The Morgan fingerprint density at radius 1 is 0.963 bits per heavy atom. The maximum Gasteiger partial charge on any atom is 0.279 e. The number of nitrogens with zero attached hydrogens (tertiary/aromatic N) is 3. The van der Waals surface area contributed by atoms with Gasteiger partial charge in [-0.1, -0.05) is 0 Å². The fourth-order valence-corrected chi connectivity index (χ4v) is 2.27. The van der Waals surface area contributed by atoms with Crippen LogP contribution in [0.5, 0.6) is 5.75 Å². The summed E-state index contributed by atoms with van der Waals surface area (Å²) in [5.74, 6) is -0.975. The number of nitrogen functional groups attached to an aromatic ring is 1. The first-order chi connectivity index (χ1) is 13.0. The highest BCUT2D eigenvalue weighted by Gasteiger charge is 2.14. The summed E-state index contributed by atoms with van der Waals surface area (Å²) in [4.78, 5) is 36.2. The van der Waals surface area contributed by atoms with Gasteiger partial charge in [0.05, 0.1) is 5.69 Å². The molecular formula is C18H16N6O3. The molecule has 0 aliphatic heterocycles. The molecule has 5 N–H and O–H groups in total. The van der Waals surface area contributed by atoms with Gasteiger partial charge >= 0.3 is 0 Å². The topological polar surface area (TPSA) is 143 Å². The third-order valence-electron chi connectivity index (χ3n) is 3.57. The number of nitrogens with two attached hydrogens (primary N) is 1. The molecule has 3 heterocycles. The van der Waals surface area contributed by atoms with Gasteiger partial charge in [0, 0.05) is 25.1 Å². The molecule has 0 aromatic carbocycles. The van der Waals surface area contributed by atoms with E-state index in [4.69, 9.17) is 5.73 Å². The third-order valence-corrected chi connectivity index (χ3v) is 3.57. The number of amides is 2. The number of hydrogen-bond acceptors (Lipinski definition) is 7. The first kappa shape index (κ1) is 17.8. The SMILES string of the molecule is Nc1cccnc1C(=O)NCc1ccnc(NC(=O)c2ncccc2O)c1. The average molecular weight is 364 g/mol. The van der Waals surface area contributed by atoms with Gasteiger partial charge in [-0.25, -0.2) is 15.0 Å². The van der Waals surface area contributed by atoms with Gasteiger partial charge in [0.2, 0.25) is 0 Å². The Morgan fingerprint density at radius 3 is 2.44 bits per heavy atom. The van der Waals surface area contributed by atoms with Crippen molar-refractivity contribution in [3.63, 3.8) is 0 Å². The van der Waals surface area contributed by atoms with Crippen molar-refractivity contribution in [2.75, 3.05) is 11.1 Å². The molecule has 0 aliphatic rings. The zero-order valence-corrected chi connectivity index (χ0v) is 14.1. The van der Waals surface area contributed by atoms with E-state index in [2.05, 4.69) is 25.6 Å². The quantitative estimate of drug-likeness (QED) is 0.535. The molecule has 0 spiro atoms. The second kappa shape index (κ2) is 7.91. The standard InChI is InChI=1S/C18H16N6O3/c19-12-3-1-6-21-15(12)17(26)23-10-11-5-8-20-14(9-11)24-18(27)16-13(25)4-2-7-22-16/h1-9,25H,10,19H2,(H,23,26)(H,20,24,27). The number of nitrogens with one attached hydrogen (secondary N) is 2. The normalized spacial score (nSPS) is 10.2. The van der Waals surface area contributed by atoms with Gasteiger partial charge in [0.1, 0.15) is 11.6 Å². The molecule has 3 rings (SSSR count). The predicted molar refractivity (Wildman–Crippen MR) is 97.9 cm³/mol. The Hall–Kier alpha value is -4.01. The monoisotopic (exact) mass is 364 g/mol. The second-order valence-electron chi connectivity index (χ2n) is 5.50. The Labute approximate surface area is 154 Å². The predicted octanol–water partition coefficient (Wildman–Crippen LogP) is 1.34. The summed E-state index contributed by atoms with van der Waals surface area (Å²) in [5.41, 5.74) is 6.75. The molecule has 0 atom stereocenters. The highest BCUT2D eigenvalue weighted by atomic mass is 16.3. The van der Waals surface area contributed by atoms with E-state index in [0.717, 1.165) is 0 Å². The van der Waals surface area contributed by atoms with Crippen LogP contribution < -0.4 is 16.4 Å². The molecule has 2 amide bonds. The minimum absolute atomic E-state index is 0.108. The largest absolute Gasteiger partial charge is 0.505 e. The Bertz CT molecular complexity index is 992. The van der Waals surface area contributed by atoms with Crippen LogP contribution in [0.2, 0.25) is 0 Å². The highest BCUT2D eigenvalue weighted by molar-refractivity contribution is 6.04. The Kier molecular flexibility index (Phi) is 5.22. The first-order valence-electron chi connectivity index (χ1n) is 7.93. The zero-order chi connectivity index (χ0) is 19.2. The molecule has 9 heteroatoms. The van der Waals surface area contributed by atoms with Crippen molar-refractivity contribution in [3.05, 3.63) is 71.9 Å². The molecule has 0 saturated carbocycles. The lowest BCUT2D eigenvalue weighted by Crippen LogP contribution is -2.25. The van der Waals surface area contributed by atoms with Crippen LogP contribution in [0.4, 0.5) is 11.5 Å². The fraction of sp³-hybridized carbons (Fsp3) is 0.0556. The van der Waals surface area contributed by atoms with Crippen LogP contribution in [0.3, 0.4) is 0 Å². The maximum absolute atomic E-state index is 12.2. The van der Waals surface area contributed by atoms with Crippen LogP contribution in [0.25, 0.3) is 0 Å². The molecule has 9 nitrogen and oxygen atoms in total. The number of anilines is 2. The van der Waals surface area contributed by atoms with Crippen molar-refractivity contribution in [1.29, 1.82) is 0 Å². The van der Waals surface area contributed by atoms with E-state index >= 15 is 0 Å². The van der Waals surface area contributed by atoms with Crippen LogP contribution >= 0.6 is 0 Å². The van der Waals surface area contributed by atoms with Crippen LogP contribution in [0, 0.1) is 0 Å². The molecule has 0 bridgehead atoms. The number of pyridine rings is 3. The summed E-state index contributed by atoms with van der Waals surface area (Å²) in [6, 6.07) is 9.40. The fourth-order valence-electron chi connectivity index (χ4n) is 2.27. The van der Waals surface area contributed by atoms with Crippen LogP contribution in [-0.2, 0) is 6.54 Å². The molecule has 27 heavy (non-hydrogen) atoms. The third kappa shape index (κ3) is 4.34. The molecule has 0 saturated heterocycles. The molecule has 0 aliphatic carbocycles. The van der Waals surface area contributed by atoms with E-state index in [1.807, 2.05) is 0 Å². The van der Waals surface area contributed by atoms with Gasteiger partial charge in [-0.3, -0.25) is 9.59 Å². The summed E-state index contributed by atoms with van der Waals surface area (Å²) in [7, 11) is 0. The van der Waals surface area contributed by atoms with Gasteiger partial charge in [-0.2, -0.15) is 0 Å². The van der Waals surface area contributed by atoms with Crippen molar-refractivity contribution < 1.29 is 14.7 Å². The lowest BCUT2D eigenvalue weighted by Gasteiger charge is -2.09. The smallest absolute Gasteiger partial charge is 0.279 e. The average Bonchev–Trinajstić information content (AvgIpc) is 2.67. The van der Waals surface area contributed by atoms with Gasteiger partial charge in [0.25, 0.3) is 11.8 Å². The molecular weight excluding hydrogens is 348 g/mol. The van der Waals surface area contributed by atoms with Crippen molar-refractivity contribution in [1.82, 2.24) is 20.3 Å². The zero-order valence-electron chi connectivity index (χ0n) is 14.1. The number of aromatic hydroxyl groups is 1. The van der Waals surface area contributed by atoms with Crippen molar-refractivity contribution >= 4 is 23.3 Å². The van der Waals surface area contributed by atoms with Crippen molar-refractivity contribution in [3.8, 4) is 5.75 Å². The first-order valence-corrected chi connectivity index (χ1v) is 7.93. The van der Waals surface area contributed by atoms with Crippen molar-refractivity contribution in [2.45, 2.75) is 6.54 Å². The molecule has 136 valence electrons.